The molecule has 3 aromatic rings. The number of hydrogen-bond donors (Lipinski definition) is 2. The Morgan fingerprint density at radius 1 is 1.03 bits per heavy atom. The molecule has 1 saturated heterocycles. The van der Waals surface area contributed by atoms with Crippen LogP contribution in [0.15, 0.2) is 30.7 Å². The number of ether oxygens (including phenoxy) is 2. The normalized spacial score (nSPS) is 18.6. The van der Waals surface area contributed by atoms with E-state index in [1.165, 1.54) is 26.6 Å². The number of carbonyl (C=O) groups excluding carboxylic acids is 1. The van der Waals surface area contributed by atoms with Gasteiger partial charge in [0.1, 0.15) is 0 Å². The van der Waals surface area contributed by atoms with Crippen molar-refractivity contribution in [2.75, 3.05) is 37.5 Å². The highest BCUT2D eigenvalue weighted by Gasteiger charge is 2.24. The number of piperazine rings is 1. The summed E-state index contributed by atoms with van der Waals surface area (Å²) in [5.41, 5.74) is 2.37. The van der Waals surface area contributed by atoms with Crippen LogP contribution in [0, 0.1) is 0 Å². The van der Waals surface area contributed by atoms with E-state index in [0.717, 1.165) is 24.2 Å². The number of benzene rings is 1. The molecule has 2 N–H and O–H groups in total. The molecule has 1 fully saturated rings. The minimum Gasteiger partial charge on any atom is -0.467 e. The van der Waals surface area contributed by atoms with Gasteiger partial charge < -0.3 is 25.0 Å². The average Bonchev–Trinajstić information content (AvgIpc) is 2.77. The van der Waals surface area contributed by atoms with Crippen LogP contribution in [0.2, 0.25) is 0 Å². The van der Waals surface area contributed by atoms with E-state index in [-0.39, 0.29) is 17.9 Å². The molecule has 0 unspecified atom stereocenters. The molecule has 3 heterocycles. The molecule has 162 valence electrons. The van der Waals surface area contributed by atoms with Gasteiger partial charge in [-0.25, -0.2) is 15.0 Å². The highest BCUT2D eigenvalue weighted by atomic mass is 16.5. The zero-order valence-corrected chi connectivity index (χ0v) is 17.9. The molecule has 0 saturated carbocycles. The van der Waals surface area contributed by atoms with Gasteiger partial charge in [0.05, 0.1) is 43.4 Å². The standard InChI is InChI=1S/C21H25N7O3/c1-12-10-28(11-13(2)25-12)17-6-5-15(18-16(17)9-24-21(27-18)31-4)19(29)26-14-7-22-20(30-3)23-8-14/h5-9,12-13,25H,10-11H2,1-4H3,(H,26,29)/t12-,13+. The van der Waals surface area contributed by atoms with Gasteiger partial charge in [0.15, 0.2) is 0 Å². The molecule has 2 aromatic heterocycles. The SMILES string of the molecule is COc1ncc(NC(=O)c2ccc(N3C[C@@H](C)N[C@@H](C)C3)c3cnc(OC)nc23)cn1. The Bertz CT molecular complexity index is 1080. The third-order valence-corrected chi connectivity index (χ3v) is 5.10. The third-order valence-electron chi connectivity index (χ3n) is 5.10. The maximum atomic E-state index is 13.1. The van der Waals surface area contributed by atoms with Crippen molar-refractivity contribution in [1.29, 1.82) is 0 Å². The van der Waals surface area contributed by atoms with Gasteiger partial charge in [-0.15, -0.1) is 0 Å². The molecule has 10 nitrogen and oxygen atoms in total. The van der Waals surface area contributed by atoms with Crippen LogP contribution >= 0.6 is 0 Å². The number of anilines is 2. The summed E-state index contributed by atoms with van der Waals surface area (Å²) in [6.45, 7) is 6.01. The second-order valence-corrected chi connectivity index (χ2v) is 7.54. The Morgan fingerprint density at radius 3 is 2.32 bits per heavy atom. The van der Waals surface area contributed by atoms with Gasteiger partial charge in [0, 0.05) is 42.4 Å². The number of fused-ring (bicyclic) bond motifs is 1. The van der Waals surface area contributed by atoms with Crippen molar-refractivity contribution in [2.45, 2.75) is 25.9 Å². The van der Waals surface area contributed by atoms with Crippen LogP contribution in [0.4, 0.5) is 11.4 Å². The largest absolute Gasteiger partial charge is 0.467 e. The number of aromatic nitrogens is 4. The van der Waals surface area contributed by atoms with Crippen LogP contribution in [-0.4, -0.2) is 65.2 Å². The lowest BCUT2D eigenvalue weighted by atomic mass is 10.0. The molecule has 1 aliphatic heterocycles. The van der Waals surface area contributed by atoms with Crippen molar-refractivity contribution in [3.63, 3.8) is 0 Å². The molecule has 0 radical (unpaired) electrons. The third kappa shape index (κ3) is 4.33. The Kier molecular flexibility index (Phi) is 5.81. The maximum Gasteiger partial charge on any atom is 0.316 e. The first-order chi connectivity index (χ1) is 15.0. The van der Waals surface area contributed by atoms with Crippen molar-refractivity contribution < 1.29 is 14.3 Å². The van der Waals surface area contributed by atoms with Crippen LogP contribution in [0.5, 0.6) is 12.0 Å². The van der Waals surface area contributed by atoms with E-state index in [9.17, 15) is 4.79 Å². The van der Waals surface area contributed by atoms with Crippen LogP contribution in [0.3, 0.4) is 0 Å². The second kappa shape index (κ2) is 8.68. The number of carbonyl (C=O) groups is 1. The summed E-state index contributed by atoms with van der Waals surface area (Å²) in [4.78, 5) is 32.2. The fourth-order valence-corrected chi connectivity index (χ4v) is 3.85. The molecular formula is C21H25N7O3. The molecule has 1 aliphatic rings. The lowest BCUT2D eigenvalue weighted by Gasteiger charge is -2.38. The van der Waals surface area contributed by atoms with E-state index in [1.54, 1.807) is 12.3 Å². The molecule has 0 spiro atoms. The van der Waals surface area contributed by atoms with Gasteiger partial charge >= 0.3 is 12.0 Å². The Morgan fingerprint density at radius 2 is 1.68 bits per heavy atom. The Hall–Kier alpha value is -3.53. The summed E-state index contributed by atoms with van der Waals surface area (Å²) in [6, 6.07) is 4.84. The van der Waals surface area contributed by atoms with E-state index >= 15 is 0 Å². The van der Waals surface area contributed by atoms with E-state index in [0.29, 0.717) is 28.9 Å². The minimum atomic E-state index is -0.326. The summed E-state index contributed by atoms with van der Waals surface area (Å²) >= 11 is 0. The number of nitrogens with one attached hydrogen (secondary N) is 2. The lowest BCUT2D eigenvalue weighted by Crippen LogP contribution is -2.54. The molecule has 4 rings (SSSR count). The average molecular weight is 423 g/mol. The van der Waals surface area contributed by atoms with Crippen molar-refractivity contribution in [1.82, 2.24) is 25.3 Å². The van der Waals surface area contributed by atoms with Crippen LogP contribution in [0.1, 0.15) is 24.2 Å². The number of nitrogens with zero attached hydrogens (tertiary/aromatic N) is 5. The van der Waals surface area contributed by atoms with Crippen LogP contribution in [0.25, 0.3) is 10.9 Å². The number of amides is 1. The quantitative estimate of drug-likeness (QED) is 0.635. The molecule has 0 aliphatic carbocycles. The number of hydrogen-bond acceptors (Lipinski definition) is 9. The van der Waals surface area contributed by atoms with Crippen molar-refractivity contribution in [3.05, 3.63) is 36.3 Å². The van der Waals surface area contributed by atoms with E-state index in [2.05, 4.69) is 49.3 Å². The molecule has 31 heavy (non-hydrogen) atoms. The topological polar surface area (TPSA) is 114 Å². The van der Waals surface area contributed by atoms with Gasteiger partial charge in [0.2, 0.25) is 0 Å². The minimum absolute atomic E-state index is 0.202. The Balaban J connectivity index is 1.72. The Labute approximate surface area is 180 Å². The first-order valence-corrected chi connectivity index (χ1v) is 10.0. The predicted octanol–water partition coefficient (Wildman–Crippen LogP) is 1.88. The van der Waals surface area contributed by atoms with Crippen LogP contribution < -0.4 is 25.0 Å². The van der Waals surface area contributed by atoms with Gasteiger partial charge in [0.25, 0.3) is 5.91 Å². The van der Waals surface area contributed by atoms with Gasteiger partial charge in [-0.1, -0.05) is 0 Å². The lowest BCUT2D eigenvalue weighted by molar-refractivity contribution is 0.102. The van der Waals surface area contributed by atoms with E-state index in [1.807, 2.05) is 6.07 Å². The monoisotopic (exact) mass is 423 g/mol. The van der Waals surface area contributed by atoms with Gasteiger partial charge in [-0.05, 0) is 26.0 Å². The molecule has 1 amide bonds. The summed E-state index contributed by atoms with van der Waals surface area (Å²) in [5, 5.41) is 7.13. The van der Waals surface area contributed by atoms with Gasteiger partial charge in [-0.3, -0.25) is 4.79 Å². The summed E-state index contributed by atoms with van der Waals surface area (Å²) in [6.07, 6.45) is 4.68. The van der Waals surface area contributed by atoms with E-state index < -0.39 is 0 Å². The zero-order chi connectivity index (χ0) is 22.0. The first-order valence-electron chi connectivity index (χ1n) is 10.0. The first kappa shape index (κ1) is 20.7. The number of rotatable bonds is 5. The van der Waals surface area contributed by atoms with Gasteiger partial charge in [-0.2, -0.15) is 4.98 Å². The number of methoxy groups -OCH3 is 2. The molecule has 10 heteroatoms. The summed E-state index contributed by atoms with van der Waals surface area (Å²) < 4.78 is 10.2. The second-order valence-electron chi connectivity index (χ2n) is 7.54. The molecule has 0 bridgehead atoms. The van der Waals surface area contributed by atoms with E-state index in [4.69, 9.17) is 9.47 Å². The highest BCUT2D eigenvalue weighted by molar-refractivity contribution is 6.13. The maximum absolute atomic E-state index is 13.1. The molecular weight excluding hydrogens is 398 g/mol. The zero-order valence-electron chi connectivity index (χ0n) is 17.9. The van der Waals surface area contributed by atoms with Crippen molar-refractivity contribution in [2.24, 2.45) is 0 Å². The fourth-order valence-electron chi connectivity index (χ4n) is 3.85. The van der Waals surface area contributed by atoms with Crippen LogP contribution in [-0.2, 0) is 0 Å². The van der Waals surface area contributed by atoms with Crippen molar-refractivity contribution in [3.8, 4) is 12.0 Å². The molecule has 2 atom stereocenters. The fraction of sp³-hybridized carbons (Fsp3) is 0.381. The summed E-state index contributed by atoms with van der Waals surface area (Å²) in [7, 11) is 2.98. The smallest absolute Gasteiger partial charge is 0.316 e. The highest BCUT2D eigenvalue weighted by Crippen LogP contribution is 2.31. The summed E-state index contributed by atoms with van der Waals surface area (Å²) in [5.74, 6) is -0.326. The predicted molar refractivity (Wildman–Crippen MR) is 117 cm³/mol. The van der Waals surface area contributed by atoms with Crippen molar-refractivity contribution >= 4 is 28.2 Å². The molecule has 1 aromatic carbocycles.